The normalized spacial score (nSPS) is 31.3. The Hall–Kier alpha value is -4.07. The molecule has 7 N–H and O–H groups in total. The molecule has 0 saturated carbocycles. The number of esters is 1. The fourth-order valence-electron chi connectivity index (χ4n) is 10.3. The summed E-state index contributed by atoms with van der Waals surface area (Å²) >= 11 is 0. The van der Waals surface area contributed by atoms with Crippen LogP contribution < -0.4 is 10.6 Å². The van der Waals surface area contributed by atoms with E-state index in [0.717, 1.165) is 11.1 Å². The number of hydrogen-bond donors (Lipinski definition) is 7. The number of amides is 2. The summed E-state index contributed by atoms with van der Waals surface area (Å²) in [6.07, 6.45) is 12.6. The fraction of sp³-hybridized carbons (Fsp3) is 0.678. The molecule has 0 bridgehead atoms. The van der Waals surface area contributed by atoms with Gasteiger partial charge in [0.2, 0.25) is 11.8 Å². The quantitative estimate of drug-likeness (QED) is 0.0275. The lowest BCUT2D eigenvalue weighted by Gasteiger charge is -2.42. The highest BCUT2D eigenvalue weighted by molar-refractivity contribution is 5.92. The first-order valence-electron chi connectivity index (χ1n) is 27.0. The number of ether oxygens (including phenoxy) is 6. The highest BCUT2D eigenvalue weighted by atomic mass is 16.7. The molecule has 0 aromatic heterocycles. The zero-order valence-corrected chi connectivity index (χ0v) is 46.9. The van der Waals surface area contributed by atoms with E-state index in [2.05, 4.69) is 10.6 Å². The fourth-order valence-corrected chi connectivity index (χ4v) is 10.3. The molecule has 4 rings (SSSR count). The van der Waals surface area contributed by atoms with Crippen LogP contribution in [0.4, 0.5) is 0 Å². The molecule has 3 saturated heterocycles. The monoisotopic (exact) mass is 1050 g/mol. The molecule has 3 aliphatic heterocycles. The number of cyclic esters (lactones) is 1. The molecule has 3 heterocycles. The summed E-state index contributed by atoms with van der Waals surface area (Å²) in [5, 5.41) is 61.1. The third-order valence-electron chi connectivity index (χ3n) is 16.0. The van der Waals surface area contributed by atoms with Crippen molar-refractivity contribution in [2.45, 2.75) is 193 Å². The number of aliphatic hydroxyl groups excluding tert-OH is 4. The van der Waals surface area contributed by atoms with E-state index in [9.17, 15) is 39.9 Å². The summed E-state index contributed by atoms with van der Waals surface area (Å²) < 4.78 is 35.4. The highest BCUT2D eigenvalue weighted by Gasteiger charge is 2.46. The first-order chi connectivity index (χ1) is 35.4. The topological polar surface area (TPSA) is 232 Å². The minimum atomic E-state index is -1.33. The molecule has 0 radical (unpaired) electrons. The Kier molecular flexibility index (Phi) is 25.1. The van der Waals surface area contributed by atoms with Crippen LogP contribution in [0.15, 0.2) is 90.1 Å². The molecule has 3 aliphatic rings. The van der Waals surface area contributed by atoms with Crippen molar-refractivity contribution >= 4 is 17.8 Å². The molecule has 16 nitrogen and oxygen atoms in total. The van der Waals surface area contributed by atoms with Gasteiger partial charge in [-0.05, 0) is 64.0 Å². The van der Waals surface area contributed by atoms with E-state index in [4.69, 9.17) is 28.4 Å². The van der Waals surface area contributed by atoms with Crippen LogP contribution >= 0.6 is 0 Å². The van der Waals surface area contributed by atoms with Crippen LogP contribution in [0, 0.1) is 35.5 Å². The smallest absolute Gasteiger partial charge is 0.329 e. The zero-order chi connectivity index (χ0) is 55.8. The zero-order valence-electron chi connectivity index (χ0n) is 46.9. The number of rotatable bonds is 27. The SMILES string of the molecule is CCC(C(O)C/C=C(\C)C(O)CC(OC)C(C)C(=O)NC(C(=O)NC1C(=O)OC(c2ccccc2)C1C)C(C)C)C(O)C(C)/C=C/C=C/C1CC(OC)CC(CC/C(C)=C/C=C/C2COC(C)C(C)(O)C2O)(OC)O1. The van der Waals surface area contributed by atoms with Gasteiger partial charge in [0.1, 0.15) is 23.8 Å². The third kappa shape index (κ3) is 17.5. The lowest BCUT2D eigenvalue weighted by atomic mass is 9.82. The lowest BCUT2D eigenvalue weighted by Crippen LogP contribution is -2.57. The largest absolute Gasteiger partial charge is 0.456 e. The minimum absolute atomic E-state index is 0.0689. The van der Waals surface area contributed by atoms with Crippen LogP contribution in [0.5, 0.6) is 0 Å². The molecular formula is C59H92N2O14. The number of nitrogens with one attached hydrogen (secondary N) is 2. The standard InChI is InChI=1S/C59H92N2O14/c1-14-46(52(64)38(6)22-18-19-26-44-31-45(70-11)33-59(72-13,75-44)30-29-36(4)21-20-25-43-34-73-41(9)58(10,69)54(43)65)47(62)28-27-37(5)48(63)32-49(71-12)39(7)55(66)60-50(35(2)3)56(67)61-51-40(8)53(74-57(51)68)42-23-16-15-17-24-42/h15-27,35,38-41,43-54,62-65,69H,14,28-34H2,1-13H3,(H,60,66)(H,61,67)/b22-18+,25-20+,26-19+,36-21+,37-27+. The Balaban J connectivity index is 1.27. The minimum Gasteiger partial charge on any atom is -0.456 e. The second-order valence-corrected chi connectivity index (χ2v) is 21.9. The molecule has 1 aromatic carbocycles. The van der Waals surface area contributed by atoms with Crippen LogP contribution in [0.1, 0.15) is 126 Å². The van der Waals surface area contributed by atoms with E-state index < -0.39 is 95.8 Å². The van der Waals surface area contributed by atoms with Crippen molar-refractivity contribution in [2.75, 3.05) is 27.9 Å². The number of hydrogen-bond acceptors (Lipinski definition) is 14. The number of carbonyl (C=O) groups excluding carboxylic acids is 3. The summed E-state index contributed by atoms with van der Waals surface area (Å²) in [6.45, 7) is 18.4. The van der Waals surface area contributed by atoms with Crippen molar-refractivity contribution in [1.82, 2.24) is 10.6 Å². The van der Waals surface area contributed by atoms with Crippen molar-refractivity contribution in [3.05, 3.63) is 95.6 Å². The summed E-state index contributed by atoms with van der Waals surface area (Å²) in [4.78, 5) is 40.1. The van der Waals surface area contributed by atoms with Gasteiger partial charge in [-0.15, -0.1) is 0 Å². The molecule has 75 heavy (non-hydrogen) atoms. The van der Waals surface area contributed by atoms with Gasteiger partial charge in [-0.2, -0.15) is 0 Å². The number of methoxy groups -OCH3 is 3. The van der Waals surface area contributed by atoms with E-state index in [0.29, 0.717) is 44.3 Å². The van der Waals surface area contributed by atoms with E-state index >= 15 is 0 Å². The first-order valence-corrected chi connectivity index (χ1v) is 27.0. The van der Waals surface area contributed by atoms with Crippen LogP contribution in [0.2, 0.25) is 0 Å². The maximum Gasteiger partial charge on any atom is 0.329 e. The lowest BCUT2D eigenvalue weighted by molar-refractivity contribution is -0.281. The van der Waals surface area contributed by atoms with Gasteiger partial charge >= 0.3 is 5.97 Å². The summed E-state index contributed by atoms with van der Waals surface area (Å²) in [5.74, 6) is -4.87. The van der Waals surface area contributed by atoms with Gasteiger partial charge in [0, 0.05) is 70.7 Å². The van der Waals surface area contributed by atoms with Gasteiger partial charge in [-0.25, -0.2) is 4.79 Å². The van der Waals surface area contributed by atoms with Crippen LogP contribution in [-0.4, -0.2) is 144 Å². The third-order valence-corrected chi connectivity index (χ3v) is 16.0. The van der Waals surface area contributed by atoms with Gasteiger partial charge in [0.15, 0.2) is 5.79 Å². The molecule has 18 atom stereocenters. The molecule has 422 valence electrons. The number of benzene rings is 1. The van der Waals surface area contributed by atoms with Crippen molar-refractivity contribution in [1.29, 1.82) is 0 Å². The Morgan fingerprint density at radius 2 is 1.67 bits per heavy atom. The first kappa shape index (κ1) is 63.5. The van der Waals surface area contributed by atoms with Crippen LogP contribution in [0.3, 0.4) is 0 Å². The maximum atomic E-state index is 13.6. The average Bonchev–Trinajstić information content (AvgIpc) is 3.67. The van der Waals surface area contributed by atoms with Crippen molar-refractivity contribution < 1.29 is 68.3 Å². The molecule has 2 amide bonds. The number of allylic oxidation sites excluding steroid dienone is 5. The molecular weight excluding hydrogens is 961 g/mol. The van der Waals surface area contributed by atoms with Gasteiger partial charge in [-0.1, -0.05) is 126 Å². The van der Waals surface area contributed by atoms with Crippen LogP contribution in [0.25, 0.3) is 0 Å². The van der Waals surface area contributed by atoms with E-state index in [-0.39, 0.29) is 48.7 Å². The van der Waals surface area contributed by atoms with Crippen molar-refractivity contribution in [3.8, 4) is 0 Å². The van der Waals surface area contributed by atoms with Gasteiger partial charge in [-0.3, -0.25) is 9.59 Å². The van der Waals surface area contributed by atoms with Gasteiger partial charge in [0.25, 0.3) is 0 Å². The molecule has 18 unspecified atom stereocenters. The van der Waals surface area contributed by atoms with E-state index in [1.807, 2.05) is 101 Å². The summed E-state index contributed by atoms with van der Waals surface area (Å²) in [5.41, 5.74) is 1.17. The van der Waals surface area contributed by atoms with Crippen molar-refractivity contribution in [3.63, 3.8) is 0 Å². The molecule has 1 aromatic rings. The Morgan fingerprint density at radius 3 is 2.29 bits per heavy atom. The van der Waals surface area contributed by atoms with Gasteiger partial charge < -0.3 is 64.6 Å². The van der Waals surface area contributed by atoms with Crippen molar-refractivity contribution in [2.24, 2.45) is 35.5 Å². The number of aliphatic hydroxyl groups is 5. The summed E-state index contributed by atoms with van der Waals surface area (Å²) in [7, 11) is 4.79. The number of carbonyl (C=O) groups is 3. The van der Waals surface area contributed by atoms with E-state index in [1.165, 1.54) is 7.11 Å². The Morgan fingerprint density at radius 1 is 0.973 bits per heavy atom. The van der Waals surface area contributed by atoms with E-state index in [1.54, 1.807) is 61.8 Å². The highest BCUT2D eigenvalue weighted by Crippen LogP contribution is 2.38. The second-order valence-electron chi connectivity index (χ2n) is 21.9. The molecule has 0 aliphatic carbocycles. The maximum absolute atomic E-state index is 13.6. The van der Waals surface area contributed by atoms with Crippen LogP contribution in [-0.2, 0) is 42.8 Å². The molecule has 16 heteroatoms. The van der Waals surface area contributed by atoms with Gasteiger partial charge in [0.05, 0.1) is 61.4 Å². The Bertz CT molecular complexity index is 2110. The molecule has 0 spiro atoms. The second kappa shape index (κ2) is 29.6. The molecule has 3 fully saturated rings. The average molecular weight is 1050 g/mol. The predicted octanol–water partition coefficient (Wildman–Crippen LogP) is 6.75. The predicted molar refractivity (Wildman–Crippen MR) is 288 cm³/mol. The Labute approximate surface area is 447 Å². The summed E-state index contributed by atoms with van der Waals surface area (Å²) in [6, 6.07) is 7.50.